The van der Waals surface area contributed by atoms with Crippen LogP contribution in [-0.2, 0) is 14.3 Å². The number of carbonyl (C=O) groups excluding carboxylic acids is 2. The fraction of sp³-hybridized carbons (Fsp3) is 0.103. The quantitative estimate of drug-likeness (QED) is 0.225. The molecule has 0 spiro atoms. The Kier molecular flexibility index (Phi) is 7.77. The van der Waals surface area contributed by atoms with E-state index in [2.05, 4.69) is 49.6 Å². The Balaban J connectivity index is 1.61. The van der Waals surface area contributed by atoms with Gasteiger partial charge in [0.25, 0.3) is 0 Å². The van der Waals surface area contributed by atoms with Crippen LogP contribution >= 0.6 is 0 Å². The summed E-state index contributed by atoms with van der Waals surface area (Å²) in [7, 11) is 0. The standard InChI is InChI=1S/C29H26O4/c1-20(2)28(30)32-19-5-6-22-7-9-23(10-8-22)24-11-13-25(14-12-24)26-15-17-27(18-16-26)33-29(31)21(3)4/h5-18H,1,3,19H2,2,4H3. The molecule has 0 fully saturated rings. The molecule has 4 heteroatoms. The molecule has 4 nitrogen and oxygen atoms in total. The lowest BCUT2D eigenvalue weighted by molar-refractivity contribution is -0.137. The number of benzene rings is 3. The van der Waals surface area contributed by atoms with E-state index in [1.54, 1.807) is 32.1 Å². The number of carbonyl (C=O) groups is 2. The fourth-order valence-corrected chi connectivity index (χ4v) is 2.98. The molecule has 0 amide bonds. The smallest absolute Gasteiger partial charge is 0.338 e. The molecule has 0 unspecified atom stereocenters. The van der Waals surface area contributed by atoms with Crippen molar-refractivity contribution in [2.45, 2.75) is 13.8 Å². The van der Waals surface area contributed by atoms with Gasteiger partial charge in [-0.2, -0.15) is 0 Å². The number of ether oxygens (including phenoxy) is 2. The van der Waals surface area contributed by atoms with Crippen molar-refractivity contribution in [2.24, 2.45) is 0 Å². The molecule has 0 atom stereocenters. The summed E-state index contributed by atoms with van der Waals surface area (Å²) in [5, 5.41) is 0. The van der Waals surface area contributed by atoms with Gasteiger partial charge in [0.05, 0.1) is 0 Å². The van der Waals surface area contributed by atoms with Gasteiger partial charge >= 0.3 is 11.9 Å². The summed E-state index contributed by atoms with van der Waals surface area (Å²) in [4.78, 5) is 23.0. The first-order valence-electron chi connectivity index (χ1n) is 10.5. The summed E-state index contributed by atoms with van der Waals surface area (Å²) < 4.78 is 10.3. The molecule has 3 aromatic carbocycles. The highest BCUT2D eigenvalue weighted by molar-refractivity contribution is 5.89. The first kappa shape index (κ1) is 23.5. The summed E-state index contributed by atoms with van der Waals surface area (Å²) >= 11 is 0. The maximum atomic E-state index is 11.6. The monoisotopic (exact) mass is 438 g/mol. The van der Waals surface area contributed by atoms with Gasteiger partial charge in [-0.1, -0.05) is 79.9 Å². The minimum Gasteiger partial charge on any atom is -0.458 e. The van der Waals surface area contributed by atoms with Crippen LogP contribution in [0.4, 0.5) is 0 Å². The molecule has 0 N–H and O–H groups in total. The molecule has 0 heterocycles. The van der Waals surface area contributed by atoms with E-state index in [-0.39, 0.29) is 12.6 Å². The third-order valence-corrected chi connectivity index (χ3v) is 4.84. The normalized spacial score (nSPS) is 10.6. The third kappa shape index (κ3) is 6.65. The first-order valence-corrected chi connectivity index (χ1v) is 10.5. The van der Waals surface area contributed by atoms with E-state index in [0.717, 1.165) is 27.8 Å². The largest absolute Gasteiger partial charge is 0.458 e. The van der Waals surface area contributed by atoms with Crippen LogP contribution in [-0.4, -0.2) is 18.5 Å². The second-order valence-corrected chi connectivity index (χ2v) is 7.67. The molecule has 0 saturated carbocycles. The van der Waals surface area contributed by atoms with Gasteiger partial charge in [0.15, 0.2) is 0 Å². The predicted octanol–water partition coefficient (Wildman–Crippen LogP) is 6.63. The Morgan fingerprint density at radius 1 is 0.697 bits per heavy atom. The summed E-state index contributed by atoms with van der Waals surface area (Å²) in [6.07, 6.45) is 3.71. The Bertz CT molecular complexity index is 1180. The fourth-order valence-electron chi connectivity index (χ4n) is 2.98. The Morgan fingerprint density at radius 2 is 1.12 bits per heavy atom. The van der Waals surface area contributed by atoms with E-state index >= 15 is 0 Å². The predicted molar refractivity (Wildman–Crippen MR) is 133 cm³/mol. The molecular weight excluding hydrogens is 412 g/mol. The zero-order chi connectivity index (χ0) is 23.8. The van der Waals surface area contributed by atoms with Gasteiger partial charge in [0, 0.05) is 11.1 Å². The van der Waals surface area contributed by atoms with E-state index in [0.29, 0.717) is 16.9 Å². The van der Waals surface area contributed by atoms with Crippen molar-refractivity contribution in [1.29, 1.82) is 0 Å². The summed E-state index contributed by atoms with van der Waals surface area (Å²) in [6, 6.07) is 23.8. The summed E-state index contributed by atoms with van der Waals surface area (Å²) in [6.45, 7) is 10.6. The van der Waals surface area contributed by atoms with Gasteiger partial charge in [0.2, 0.25) is 0 Å². The van der Waals surface area contributed by atoms with Crippen molar-refractivity contribution in [2.75, 3.05) is 6.61 Å². The second kappa shape index (κ2) is 10.9. The lowest BCUT2D eigenvalue weighted by Gasteiger charge is -2.07. The van der Waals surface area contributed by atoms with Crippen LogP contribution in [0.25, 0.3) is 28.3 Å². The van der Waals surface area contributed by atoms with E-state index in [1.807, 2.05) is 30.3 Å². The van der Waals surface area contributed by atoms with E-state index in [1.165, 1.54) is 0 Å². The minimum atomic E-state index is -0.431. The van der Waals surface area contributed by atoms with Gasteiger partial charge in [-0.25, -0.2) is 9.59 Å². The number of esters is 2. The molecule has 0 aliphatic carbocycles. The van der Waals surface area contributed by atoms with Crippen LogP contribution in [0.15, 0.2) is 103 Å². The Labute approximate surface area is 194 Å². The highest BCUT2D eigenvalue weighted by Gasteiger charge is 2.06. The van der Waals surface area contributed by atoms with Crippen molar-refractivity contribution in [3.63, 3.8) is 0 Å². The molecule has 0 bridgehead atoms. The lowest BCUT2D eigenvalue weighted by atomic mass is 9.99. The van der Waals surface area contributed by atoms with Crippen LogP contribution in [0.2, 0.25) is 0 Å². The van der Waals surface area contributed by atoms with Gasteiger partial charge < -0.3 is 9.47 Å². The molecule has 0 saturated heterocycles. The Morgan fingerprint density at radius 3 is 1.58 bits per heavy atom. The van der Waals surface area contributed by atoms with Crippen molar-refractivity contribution in [1.82, 2.24) is 0 Å². The number of hydrogen-bond donors (Lipinski definition) is 0. The van der Waals surface area contributed by atoms with Crippen LogP contribution in [0.3, 0.4) is 0 Å². The molecule has 0 aliphatic heterocycles. The van der Waals surface area contributed by atoms with E-state index in [4.69, 9.17) is 9.47 Å². The van der Waals surface area contributed by atoms with Crippen molar-refractivity contribution >= 4 is 18.0 Å². The van der Waals surface area contributed by atoms with Crippen LogP contribution < -0.4 is 4.74 Å². The topological polar surface area (TPSA) is 52.6 Å². The van der Waals surface area contributed by atoms with E-state index in [9.17, 15) is 9.59 Å². The molecule has 33 heavy (non-hydrogen) atoms. The minimum absolute atomic E-state index is 0.214. The van der Waals surface area contributed by atoms with Crippen molar-refractivity contribution in [3.8, 4) is 28.0 Å². The van der Waals surface area contributed by atoms with Crippen molar-refractivity contribution in [3.05, 3.63) is 109 Å². The van der Waals surface area contributed by atoms with Gasteiger partial charge in [-0.3, -0.25) is 0 Å². The van der Waals surface area contributed by atoms with Gasteiger partial charge in [-0.05, 0) is 59.9 Å². The van der Waals surface area contributed by atoms with Gasteiger partial charge in [-0.15, -0.1) is 0 Å². The number of hydrogen-bond acceptors (Lipinski definition) is 4. The molecule has 0 aliphatic rings. The third-order valence-electron chi connectivity index (χ3n) is 4.84. The lowest BCUT2D eigenvalue weighted by Crippen LogP contribution is -2.07. The Hall–Kier alpha value is -4.18. The maximum Gasteiger partial charge on any atom is 0.338 e. The van der Waals surface area contributed by atoms with Crippen molar-refractivity contribution < 1.29 is 19.1 Å². The van der Waals surface area contributed by atoms with Crippen LogP contribution in [0.1, 0.15) is 19.4 Å². The molecule has 0 radical (unpaired) electrons. The second-order valence-electron chi connectivity index (χ2n) is 7.67. The number of rotatable bonds is 8. The molecule has 3 rings (SSSR count). The molecular formula is C29H26O4. The SMILES string of the molecule is C=C(C)C(=O)OCC=Cc1ccc(-c2ccc(-c3ccc(OC(=O)C(=C)C)cc3)cc2)cc1. The maximum absolute atomic E-state index is 11.6. The van der Waals surface area contributed by atoms with E-state index < -0.39 is 5.97 Å². The van der Waals surface area contributed by atoms with Gasteiger partial charge in [0.1, 0.15) is 12.4 Å². The zero-order valence-corrected chi connectivity index (χ0v) is 18.8. The zero-order valence-electron chi connectivity index (χ0n) is 18.8. The van der Waals surface area contributed by atoms with Crippen LogP contribution in [0.5, 0.6) is 5.75 Å². The van der Waals surface area contributed by atoms with Crippen LogP contribution in [0, 0.1) is 0 Å². The average molecular weight is 439 g/mol. The molecule has 3 aromatic rings. The first-order chi connectivity index (χ1) is 15.8. The highest BCUT2D eigenvalue weighted by Crippen LogP contribution is 2.27. The summed E-state index contributed by atoms with van der Waals surface area (Å²) in [5.74, 6) is -0.327. The average Bonchev–Trinajstić information content (AvgIpc) is 2.82. The molecule has 0 aromatic heterocycles. The molecule has 166 valence electrons. The highest BCUT2D eigenvalue weighted by atomic mass is 16.5. The summed E-state index contributed by atoms with van der Waals surface area (Å²) in [5.41, 5.74) is 6.09.